The number of halogens is 1. The molecular formula is C14H14BrN3O. The van der Waals surface area contributed by atoms with E-state index in [1.54, 1.807) is 0 Å². The Morgan fingerprint density at radius 1 is 1.32 bits per heavy atom. The minimum absolute atomic E-state index is 0.608. The Labute approximate surface area is 119 Å². The molecule has 0 bridgehead atoms. The fourth-order valence-corrected chi connectivity index (χ4v) is 2.64. The molecular weight excluding hydrogens is 306 g/mol. The summed E-state index contributed by atoms with van der Waals surface area (Å²) in [6.45, 7) is 2.71. The van der Waals surface area contributed by atoms with Crippen molar-refractivity contribution < 1.29 is 4.52 Å². The molecule has 1 aromatic carbocycles. The van der Waals surface area contributed by atoms with Gasteiger partial charge in [-0.05, 0) is 24.6 Å². The zero-order chi connectivity index (χ0) is 13.2. The van der Waals surface area contributed by atoms with Crippen LogP contribution in [-0.2, 0) is 13.0 Å². The molecule has 3 aromatic rings. The average Bonchev–Trinajstić information content (AvgIpc) is 3.00. The summed E-state index contributed by atoms with van der Waals surface area (Å²) in [5.74, 6) is 1.44. The van der Waals surface area contributed by atoms with Crippen molar-refractivity contribution in [2.45, 2.75) is 26.3 Å². The van der Waals surface area contributed by atoms with E-state index < -0.39 is 0 Å². The Morgan fingerprint density at radius 2 is 2.21 bits per heavy atom. The van der Waals surface area contributed by atoms with E-state index in [2.05, 4.69) is 49.7 Å². The monoisotopic (exact) mass is 319 g/mol. The van der Waals surface area contributed by atoms with Crippen LogP contribution in [0.5, 0.6) is 0 Å². The van der Waals surface area contributed by atoms with Gasteiger partial charge in [0, 0.05) is 28.0 Å². The Hall–Kier alpha value is -1.62. The molecule has 0 aliphatic rings. The third kappa shape index (κ3) is 2.42. The van der Waals surface area contributed by atoms with Crippen LogP contribution < -0.4 is 0 Å². The smallest absolute Gasteiger partial charge is 0.246 e. The molecule has 2 heterocycles. The lowest BCUT2D eigenvalue weighted by Crippen LogP contribution is -1.98. The molecule has 0 unspecified atom stereocenters. The van der Waals surface area contributed by atoms with Crippen molar-refractivity contribution in [2.24, 2.45) is 0 Å². The molecule has 0 atom stereocenters. The second kappa shape index (κ2) is 5.17. The molecule has 0 aliphatic heterocycles. The summed E-state index contributed by atoms with van der Waals surface area (Å²) in [5.41, 5.74) is 1.16. The average molecular weight is 320 g/mol. The van der Waals surface area contributed by atoms with Gasteiger partial charge in [0.25, 0.3) is 0 Å². The number of aryl methyl sites for hydroxylation is 1. The summed E-state index contributed by atoms with van der Waals surface area (Å²) in [6, 6.07) is 8.24. The first-order valence-electron chi connectivity index (χ1n) is 6.32. The normalized spacial score (nSPS) is 11.3. The zero-order valence-electron chi connectivity index (χ0n) is 10.6. The molecule has 2 aromatic heterocycles. The molecule has 0 N–H and O–H groups in total. The number of rotatable bonds is 4. The van der Waals surface area contributed by atoms with E-state index in [1.165, 1.54) is 5.39 Å². The first-order valence-corrected chi connectivity index (χ1v) is 7.12. The van der Waals surface area contributed by atoms with E-state index in [-0.39, 0.29) is 0 Å². The third-order valence-corrected chi connectivity index (χ3v) is 3.74. The Balaban J connectivity index is 1.90. The van der Waals surface area contributed by atoms with Crippen LogP contribution in [0.3, 0.4) is 0 Å². The molecule has 0 radical (unpaired) electrons. The van der Waals surface area contributed by atoms with Crippen LogP contribution in [0.25, 0.3) is 10.9 Å². The second-order valence-electron chi connectivity index (χ2n) is 4.47. The molecule has 0 aliphatic carbocycles. The topological polar surface area (TPSA) is 43.9 Å². The Bertz CT molecular complexity index is 702. The Kier molecular flexibility index (Phi) is 3.38. The van der Waals surface area contributed by atoms with E-state index in [9.17, 15) is 0 Å². The SMILES string of the molecule is CCCc1noc(Cn2ccc3c(Br)cccc32)n1. The van der Waals surface area contributed by atoms with E-state index >= 15 is 0 Å². The van der Waals surface area contributed by atoms with Crippen LogP contribution in [-0.4, -0.2) is 14.7 Å². The molecule has 3 rings (SSSR count). The standard InChI is InChI=1S/C14H14BrN3O/c1-2-4-13-16-14(19-17-13)9-18-8-7-10-11(15)5-3-6-12(10)18/h3,5-8H,2,4,9H2,1H3. The van der Waals surface area contributed by atoms with Crippen molar-refractivity contribution >= 4 is 26.8 Å². The summed E-state index contributed by atoms with van der Waals surface area (Å²) in [5, 5.41) is 5.17. The lowest BCUT2D eigenvalue weighted by molar-refractivity contribution is 0.367. The number of nitrogens with zero attached hydrogens (tertiary/aromatic N) is 3. The fraction of sp³-hybridized carbons (Fsp3) is 0.286. The predicted octanol–water partition coefficient (Wildman–Crippen LogP) is 3.79. The maximum atomic E-state index is 5.28. The number of aromatic nitrogens is 3. The highest BCUT2D eigenvalue weighted by Gasteiger charge is 2.09. The van der Waals surface area contributed by atoms with E-state index in [0.29, 0.717) is 12.4 Å². The summed E-state index contributed by atoms with van der Waals surface area (Å²) < 4.78 is 8.49. The highest BCUT2D eigenvalue weighted by atomic mass is 79.9. The zero-order valence-corrected chi connectivity index (χ0v) is 12.2. The minimum Gasteiger partial charge on any atom is -0.338 e. The van der Waals surface area contributed by atoms with Gasteiger partial charge in [-0.25, -0.2) is 0 Å². The van der Waals surface area contributed by atoms with Gasteiger partial charge in [-0.1, -0.05) is 34.1 Å². The van der Waals surface area contributed by atoms with Gasteiger partial charge in [-0.3, -0.25) is 0 Å². The van der Waals surface area contributed by atoms with Gasteiger partial charge in [0.05, 0.1) is 0 Å². The van der Waals surface area contributed by atoms with Crippen molar-refractivity contribution in [3.05, 3.63) is 46.7 Å². The van der Waals surface area contributed by atoms with E-state index in [4.69, 9.17) is 4.52 Å². The lowest BCUT2D eigenvalue weighted by atomic mass is 10.2. The molecule has 0 saturated carbocycles. The van der Waals surface area contributed by atoms with E-state index in [1.807, 2.05) is 18.3 Å². The molecule has 5 heteroatoms. The predicted molar refractivity (Wildman–Crippen MR) is 77.0 cm³/mol. The van der Waals surface area contributed by atoms with Crippen molar-refractivity contribution in [1.29, 1.82) is 0 Å². The molecule has 0 amide bonds. The minimum atomic E-state index is 0.608. The summed E-state index contributed by atoms with van der Waals surface area (Å²) in [7, 11) is 0. The highest BCUT2D eigenvalue weighted by molar-refractivity contribution is 9.10. The molecule has 4 nitrogen and oxygen atoms in total. The lowest BCUT2D eigenvalue weighted by Gasteiger charge is -2.01. The molecule has 0 spiro atoms. The van der Waals surface area contributed by atoms with Crippen LogP contribution in [0.4, 0.5) is 0 Å². The number of fused-ring (bicyclic) bond motifs is 1. The van der Waals surface area contributed by atoms with Crippen LogP contribution in [0.2, 0.25) is 0 Å². The van der Waals surface area contributed by atoms with E-state index in [0.717, 1.165) is 28.7 Å². The van der Waals surface area contributed by atoms with Gasteiger partial charge in [-0.2, -0.15) is 4.98 Å². The van der Waals surface area contributed by atoms with Crippen LogP contribution >= 0.6 is 15.9 Å². The van der Waals surface area contributed by atoms with Gasteiger partial charge in [0.1, 0.15) is 6.54 Å². The highest BCUT2D eigenvalue weighted by Crippen LogP contribution is 2.25. The number of hydrogen-bond acceptors (Lipinski definition) is 3. The molecule has 98 valence electrons. The van der Waals surface area contributed by atoms with Crippen molar-refractivity contribution in [2.75, 3.05) is 0 Å². The summed E-state index contributed by atoms with van der Waals surface area (Å²) in [6.07, 6.45) is 3.93. The third-order valence-electron chi connectivity index (χ3n) is 3.05. The first-order chi connectivity index (χ1) is 9.28. The van der Waals surface area contributed by atoms with Crippen LogP contribution in [0.15, 0.2) is 39.5 Å². The van der Waals surface area contributed by atoms with Crippen LogP contribution in [0.1, 0.15) is 25.1 Å². The number of hydrogen-bond donors (Lipinski definition) is 0. The summed E-state index contributed by atoms with van der Waals surface area (Å²) >= 11 is 3.56. The van der Waals surface area contributed by atoms with Crippen molar-refractivity contribution in [1.82, 2.24) is 14.7 Å². The largest absolute Gasteiger partial charge is 0.338 e. The number of benzene rings is 1. The van der Waals surface area contributed by atoms with Crippen molar-refractivity contribution in [3.63, 3.8) is 0 Å². The Morgan fingerprint density at radius 3 is 3.05 bits per heavy atom. The van der Waals surface area contributed by atoms with Crippen LogP contribution in [0, 0.1) is 0 Å². The van der Waals surface area contributed by atoms with Gasteiger partial charge in [0.15, 0.2) is 5.82 Å². The quantitative estimate of drug-likeness (QED) is 0.735. The first kappa shape index (κ1) is 12.4. The molecule has 19 heavy (non-hydrogen) atoms. The molecule has 0 saturated heterocycles. The fourth-order valence-electron chi connectivity index (χ4n) is 2.15. The summed E-state index contributed by atoms with van der Waals surface area (Å²) in [4.78, 5) is 4.39. The van der Waals surface area contributed by atoms with Gasteiger partial charge >= 0.3 is 0 Å². The maximum absolute atomic E-state index is 5.28. The van der Waals surface area contributed by atoms with Gasteiger partial charge < -0.3 is 9.09 Å². The maximum Gasteiger partial charge on any atom is 0.246 e. The second-order valence-corrected chi connectivity index (χ2v) is 5.32. The molecule has 0 fully saturated rings. The van der Waals surface area contributed by atoms with Gasteiger partial charge in [-0.15, -0.1) is 0 Å². The van der Waals surface area contributed by atoms with Gasteiger partial charge in [0.2, 0.25) is 5.89 Å². The van der Waals surface area contributed by atoms with Crippen molar-refractivity contribution in [3.8, 4) is 0 Å².